The molecule has 0 bridgehead atoms. The predicted octanol–water partition coefficient (Wildman–Crippen LogP) is 2.58. The molecule has 1 saturated heterocycles. The third-order valence-corrected chi connectivity index (χ3v) is 4.56. The minimum atomic E-state index is -0.486. The molecule has 8 heteroatoms. The van der Waals surface area contributed by atoms with Crippen LogP contribution in [-0.4, -0.2) is 63.9 Å². The van der Waals surface area contributed by atoms with E-state index in [0.29, 0.717) is 38.8 Å². The fourth-order valence-corrected chi connectivity index (χ4v) is 3.08. The number of aryl methyl sites for hydroxylation is 1. The number of rotatable bonds is 8. The molecule has 1 fully saturated rings. The number of carbonyl (C=O) groups excluding carboxylic acids is 1. The Balaban J connectivity index is 1.69. The summed E-state index contributed by atoms with van der Waals surface area (Å²) in [5, 5.41) is 2.59. The van der Waals surface area contributed by atoms with Crippen LogP contribution in [0.15, 0.2) is 41.4 Å². The van der Waals surface area contributed by atoms with Gasteiger partial charge in [-0.3, -0.25) is 4.99 Å². The quantitative estimate of drug-likeness (QED) is 0.530. The van der Waals surface area contributed by atoms with Crippen molar-refractivity contribution in [3.8, 4) is 5.88 Å². The number of alkyl carbamates (subject to hydrolysis) is 1. The second-order valence-corrected chi connectivity index (χ2v) is 6.91. The first-order chi connectivity index (χ1) is 14.6. The second-order valence-electron chi connectivity index (χ2n) is 6.91. The van der Waals surface area contributed by atoms with Gasteiger partial charge in [0.05, 0.1) is 39.1 Å². The van der Waals surface area contributed by atoms with E-state index >= 15 is 0 Å². The number of anilines is 1. The number of benzene rings is 1. The smallest absolute Gasteiger partial charge is 0.406 e. The maximum atomic E-state index is 11.2. The molecule has 3 rings (SSSR count). The van der Waals surface area contributed by atoms with Crippen LogP contribution in [0.3, 0.4) is 0 Å². The highest BCUT2D eigenvalue weighted by atomic mass is 16.5. The SMILES string of the molecule is COC(=O)NCCOc1cc(N2CCOCC2)cc(CN=Cc2cccc(C)c2)n1. The van der Waals surface area contributed by atoms with E-state index in [1.807, 2.05) is 30.5 Å². The average molecular weight is 412 g/mol. The number of amides is 1. The zero-order valence-electron chi connectivity index (χ0n) is 17.5. The normalized spacial score (nSPS) is 14.0. The van der Waals surface area contributed by atoms with Crippen LogP contribution in [0, 0.1) is 6.92 Å². The number of ether oxygens (including phenoxy) is 3. The molecule has 2 aromatic rings. The standard InChI is InChI=1S/C22H28N4O4/c1-17-4-3-5-18(12-17)15-23-16-19-13-20(26-7-10-29-11-8-26)14-21(25-19)30-9-6-24-22(27)28-2/h3-5,12-15H,6-11,16H2,1-2H3,(H,24,27). The third-order valence-electron chi connectivity index (χ3n) is 4.56. The van der Waals surface area contributed by atoms with E-state index in [2.05, 4.69) is 44.0 Å². The molecule has 1 aromatic carbocycles. The molecule has 1 aliphatic rings. The molecule has 0 atom stereocenters. The molecular formula is C22H28N4O4. The van der Waals surface area contributed by atoms with E-state index in [4.69, 9.17) is 9.47 Å². The van der Waals surface area contributed by atoms with Gasteiger partial charge in [0.25, 0.3) is 0 Å². The van der Waals surface area contributed by atoms with Crippen molar-refractivity contribution in [1.82, 2.24) is 10.3 Å². The molecule has 160 valence electrons. The van der Waals surface area contributed by atoms with Crippen molar-refractivity contribution >= 4 is 18.0 Å². The van der Waals surface area contributed by atoms with E-state index < -0.39 is 6.09 Å². The van der Waals surface area contributed by atoms with Crippen molar-refractivity contribution in [3.05, 3.63) is 53.2 Å². The van der Waals surface area contributed by atoms with E-state index in [-0.39, 0.29) is 0 Å². The first-order valence-electron chi connectivity index (χ1n) is 9.99. The van der Waals surface area contributed by atoms with Gasteiger partial charge in [-0.1, -0.05) is 29.8 Å². The molecule has 0 radical (unpaired) electrons. The fraction of sp³-hybridized carbons (Fsp3) is 0.409. The monoisotopic (exact) mass is 412 g/mol. The van der Waals surface area contributed by atoms with Crippen LogP contribution in [0.2, 0.25) is 0 Å². The molecule has 1 amide bonds. The number of carbonyl (C=O) groups is 1. The molecule has 0 spiro atoms. The van der Waals surface area contributed by atoms with Crippen molar-refractivity contribution < 1.29 is 19.0 Å². The summed E-state index contributed by atoms with van der Waals surface area (Å²) in [5.41, 5.74) is 4.11. The lowest BCUT2D eigenvalue weighted by Gasteiger charge is -2.29. The van der Waals surface area contributed by atoms with E-state index in [1.165, 1.54) is 12.7 Å². The van der Waals surface area contributed by atoms with E-state index in [0.717, 1.165) is 30.0 Å². The van der Waals surface area contributed by atoms with Crippen molar-refractivity contribution in [2.24, 2.45) is 4.99 Å². The predicted molar refractivity (Wildman–Crippen MR) is 116 cm³/mol. The summed E-state index contributed by atoms with van der Waals surface area (Å²) in [7, 11) is 1.33. The van der Waals surface area contributed by atoms with Gasteiger partial charge >= 0.3 is 6.09 Å². The number of morpholine rings is 1. The summed E-state index contributed by atoms with van der Waals surface area (Å²) in [4.78, 5) is 22.5. The zero-order chi connectivity index (χ0) is 21.2. The van der Waals surface area contributed by atoms with Gasteiger partial charge < -0.3 is 24.4 Å². The van der Waals surface area contributed by atoms with Gasteiger partial charge in [-0.25, -0.2) is 9.78 Å². The molecule has 1 aromatic heterocycles. The summed E-state index contributed by atoms with van der Waals surface area (Å²) in [6.07, 6.45) is 1.37. The van der Waals surface area contributed by atoms with Crippen LogP contribution >= 0.6 is 0 Å². The van der Waals surface area contributed by atoms with Gasteiger partial charge in [0, 0.05) is 31.1 Å². The maximum absolute atomic E-state index is 11.2. The lowest BCUT2D eigenvalue weighted by molar-refractivity contribution is 0.122. The molecule has 2 heterocycles. The van der Waals surface area contributed by atoms with E-state index in [1.54, 1.807) is 0 Å². The van der Waals surface area contributed by atoms with Crippen molar-refractivity contribution in [3.63, 3.8) is 0 Å². The van der Waals surface area contributed by atoms with Crippen LogP contribution in [-0.2, 0) is 16.0 Å². The summed E-state index contributed by atoms with van der Waals surface area (Å²) in [5.74, 6) is 0.506. The van der Waals surface area contributed by atoms with Gasteiger partial charge in [0.1, 0.15) is 6.61 Å². The largest absolute Gasteiger partial charge is 0.476 e. The second kappa shape index (κ2) is 11.2. The Morgan fingerprint density at radius 1 is 1.30 bits per heavy atom. The number of nitrogens with zero attached hydrogens (tertiary/aromatic N) is 3. The van der Waals surface area contributed by atoms with Crippen molar-refractivity contribution in [2.45, 2.75) is 13.5 Å². The Morgan fingerprint density at radius 3 is 2.90 bits per heavy atom. The summed E-state index contributed by atoms with van der Waals surface area (Å²) < 4.78 is 15.8. The molecular weight excluding hydrogens is 384 g/mol. The lowest BCUT2D eigenvalue weighted by atomic mass is 10.1. The van der Waals surface area contributed by atoms with Gasteiger partial charge in [0.2, 0.25) is 5.88 Å². The summed E-state index contributed by atoms with van der Waals surface area (Å²) >= 11 is 0. The van der Waals surface area contributed by atoms with E-state index in [9.17, 15) is 4.79 Å². The number of hydrogen-bond acceptors (Lipinski definition) is 7. The highest BCUT2D eigenvalue weighted by Crippen LogP contribution is 2.23. The highest BCUT2D eigenvalue weighted by Gasteiger charge is 2.14. The van der Waals surface area contributed by atoms with Crippen LogP contribution in [0.5, 0.6) is 5.88 Å². The Bertz CT molecular complexity index is 866. The molecule has 0 aliphatic carbocycles. The number of aromatic nitrogens is 1. The summed E-state index contributed by atoms with van der Waals surface area (Å²) in [6, 6.07) is 12.1. The molecule has 8 nitrogen and oxygen atoms in total. The maximum Gasteiger partial charge on any atom is 0.406 e. The highest BCUT2D eigenvalue weighted by molar-refractivity contribution is 5.79. The Hall–Kier alpha value is -3.13. The fourth-order valence-electron chi connectivity index (χ4n) is 3.08. The van der Waals surface area contributed by atoms with Crippen LogP contribution < -0.4 is 15.0 Å². The molecule has 0 unspecified atom stereocenters. The molecule has 30 heavy (non-hydrogen) atoms. The Labute approximate surface area is 176 Å². The van der Waals surface area contributed by atoms with Crippen molar-refractivity contribution in [2.75, 3.05) is 51.5 Å². The lowest BCUT2D eigenvalue weighted by Crippen LogP contribution is -2.36. The number of pyridine rings is 1. The first kappa shape index (κ1) is 21.6. The van der Waals surface area contributed by atoms with Crippen LogP contribution in [0.4, 0.5) is 10.5 Å². The minimum absolute atomic E-state index is 0.292. The Morgan fingerprint density at radius 2 is 2.13 bits per heavy atom. The molecule has 0 saturated carbocycles. The van der Waals surface area contributed by atoms with Crippen LogP contribution in [0.25, 0.3) is 0 Å². The van der Waals surface area contributed by atoms with Gasteiger partial charge in [-0.05, 0) is 18.6 Å². The van der Waals surface area contributed by atoms with Gasteiger partial charge in [-0.15, -0.1) is 0 Å². The number of aliphatic imine (C=N–C) groups is 1. The zero-order valence-corrected chi connectivity index (χ0v) is 17.5. The number of nitrogens with one attached hydrogen (secondary N) is 1. The minimum Gasteiger partial charge on any atom is -0.476 e. The first-order valence-corrected chi connectivity index (χ1v) is 9.99. The Kier molecular flexibility index (Phi) is 8.02. The average Bonchev–Trinajstić information content (AvgIpc) is 2.77. The topological polar surface area (TPSA) is 85.3 Å². The summed E-state index contributed by atoms with van der Waals surface area (Å²) in [6.45, 7) is 6.16. The van der Waals surface area contributed by atoms with Crippen LogP contribution in [0.1, 0.15) is 16.8 Å². The molecule has 1 N–H and O–H groups in total. The van der Waals surface area contributed by atoms with Gasteiger partial charge in [0.15, 0.2) is 0 Å². The number of methoxy groups -OCH3 is 1. The molecule has 1 aliphatic heterocycles. The van der Waals surface area contributed by atoms with Crippen molar-refractivity contribution in [1.29, 1.82) is 0 Å². The van der Waals surface area contributed by atoms with Gasteiger partial charge in [-0.2, -0.15) is 0 Å². The number of hydrogen-bond donors (Lipinski definition) is 1. The third kappa shape index (κ3) is 6.73.